The van der Waals surface area contributed by atoms with Crippen molar-refractivity contribution in [1.29, 1.82) is 0 Å². The van der Waals surface area contributed by atoms with Crippen LogP contribution in [0.3, 0.4) is 0 Å². The zero-order chi connectivity index (χ0) is 15.2. The van der Waals surface area contributed by atoms with Gasteiger partial charge in [0.25, 0.3) is 0 Å². The Morgan fingerprint density at radius 2 is 1.75 bits per heavy atom. The molecule has 0 bridgehead atoms. The third kappa shape index (κ3) is 4.71. The molecule has 0 aromatic carbocycles. The third-order valence-electron chi connectivity index (χ3n) is 3.59. The normalized spacial score (nSPS) is 19.1. The van der Waals surface area contributed by atoms with Crippen molar-refractivity contribution in [3.05, 3.63) is 0 Å². The highest BCUT2D eigenvalue weighted by Crippen LogP contribution is 2.11. The Bertz CT molecular complexity index is 403. The van der Waals surface area contributed by atoms with E-state index < -0.39 is 16.1 Å². The molecule has 1 fully saturated rings. The van der Waals surface area contributed by atoms with E-state index in [1.165, 1.54) is 4.31 Å². The molecule has 1 amide bonds. The van der Waals surface area contributed by atoms with E-state index >= 15 is 0 Å². The highest BCUT2D eigenvalue weighted by atomic mass is 32.2. The second-order valence-corrected chi connectivity index (χ2v) is 7.38. The Balaban J connectivity index is 2.48. The molecule has 0 aromatic heterocycles. The number of rotatable bonds is 7. The first kappa shape index (κ1) is 17.4. The van der Waals surface area contributed by atoms with Crippen molar-refractivity contribution >= 4 is 15.9 Å². The Morgan fingerprint density at radius 3 is 2.25 bits per heavy atom. The summed E-state index contributed by atoms with van der Waals surface area (Å²) in [5.74, 6) is 0.128. The molecule has 1 aliphatic rings. The summed E-state index contributed by atoms with van der Waals surface area (Å²) in [6.45, 7) is 5.57. The van der Waals surface area contributed by atoms with Gasteiger partial charge in [-0.3, -0.25) is 4.79 Å². The fourth-order valence-corrected chi connectivity index (χ4v) is 3.85. The van der Waals surface area contributed by atoms with Gasteiger partial charge in [-0.25, -0.2) is 8.42 Å². The zero-order valence-electron chi connectivity index (χ0n) is 12.5. The number of nitrogens with two attached hydrogens (primary N) is 1. The molecule has 1 saturated heterocycles. The number of carbonyl (C=O) groups excluding carboxylic acids is 1. The van der Waals surface area contributed by atoms with Crippen LogP contribution in [0.4, 0.5) is 0 Å². The molecule has 0 radical (unpaired) electrons. The minimum Gasteiger partial charge on any atom is -0.339 e. The van der Waals surface area contributed by atoms with Crippen LogP contribution in [0, 0.1) is 0 Å². The van der Waals surface area contributed by atoms with Gasteiger partial charge in [0.05, 0.1) is 11.8 Å². The Kier molecular flexibility index (Phi) is 6.91. The number of carbonyl (C=O) groups is 1. The average Bonchev–Trinajstić information content (AvgIpc) is 2.44. The first-order valence-corrected chi connectivity index (χ1v) is 9.05. The lowest BCUT2D eigenvalue weighted by molar-refractivity contribution is -0.133. The van der Waals surface area contributed by atoms with Gasteiger partial charge in [0.1, 0.15) is 0 Å². The Hall–Kier alpha value is -0.660. The Labute approximate surface area is 122 Å². The summed E-state index contributed by atoms with van der Waals surface area (Å²) in [6.07, 6.45) is 3.27. The first-order chi connectivity index (χ1) is 9.42. The summed E-state index contributed by atoms with van der Waals surface area (Å²) in [7, 11) is -3.15. The maximum Gasteiger partial charge on any atom is 0.239 e. The molecular weight excluding hydrogens is 278 g/mol. The van der Waals surface area contributed by atoms with E-state index in [2.05, 4.69) is 6.92 Å². The standard InChI is InChI=1S/C13H27N3O3S/c1-3-5-6-12(14)13(17)15-7-9-16(10-8-15)20(18,19)11-4-2/h12H,3-11,14H2,1-2H3. The van der Waals surface area contributed by atoms with Crippen molar-refractivity contribution in [2.24, 2.45) is 5.73 Å². The predicted octanol–water partition coefficient (Wildman–Crippen LogP) is 0.388. The summed E-state index contributed by atoms with van der Waals surface area (Å²) >= 11 is 0. The molecule has 0 saturated carbocycles. The van der Waals surface area contributed by atoms with E-state index in [9.17, 15) is 13.2 Å². The zero-order valence-corrected chi connectivity index (χ0v) is 13.4. The number of amides is 1. The molecular formula is C13H27N3O3S. The van der Waals surface area contributed by atoms with Crippen LogP contribution in [0.2, 0.25) is 0 Å². The minimum atomic E-state index is -3.15. The second kappa shape index (κ2) is 7.95. The lowest BCUT2D eigenvalue weighted by Crippen LogP contribution is -2.54. The van der Waals surface area contributed by atoms with E-state index in [0.717, 1.165) is 12.8 Å². The number of nitrogens with zero attached hydrogens (tertiary/aromatic N) is 2. The summed E-state index contributed by atoms with van der Waals surface area (Å²) < 4.78 is 25.4. The molecule has 0 spiro atoms. The van der Waals surface area contributed by atoms with E-state index in [4.69, 9.17) is 5.73 Å². The Morgan fingerprint density at radius 1 is 1.15 bits per heavy atom. The lowest BCUT2D eigenvalue weighted by Gasteiger charge is -2.35. The van der Waals surface area contributed by atoms with E-state index in [1.54, 1.807) is 4.90 Å². The molecule has 2 N–H and O–H groups in total. The van der Waals surface area contributed by atoms with Crippen LogP contribution in [0.15, 0.2) is 0 Å². The molecule has 0 aromatic rings. The molecule has 1 atom stereocenters. The van der Waals surface area contributed by atoms with Crippen molar-refractivity contribution in [2.45, 2.75) is 45.6 Å². The molecule has 1 unspecified atom stereocenters. The molecule has 1 rings (SSSR count). The van der Waals surface area contributed by atoms with Gasteiger partial charge >= 0.3 is 0 Å². The molecule has 118 valence electrons. The number of hydrogen-bond donors (Lipinski definition) is 1. The molecule has 7 heteroatoms. The number of sulfonamides is 1. The third-order valence-corrected chi connectivity index (χ3v) is 5.67. The molecule has 6 nitrogen and oxygen atoms in total. The highest BCUT2D eigenvalue weighted by Gasteiger charge is 2.29. The fourth-order valence-electron chi connectivity index (χ4n) is 2.36. The van der Waals surface area contributed by atoms with Crippen LogP contribution in [0.5, 0.6) is 0 Å². The van der Waals surface area contributed by atoms with E-state index in [1.807, 2.05) is 6.92 Å². The van der Waals surface area contributed by atoms with Crippen LogP contribution in [-0.2, 0) is 14.8 Å². The van der Waals surface area contributed by atoms with E-state index in [0.29, 0.717) is 39.0 Å². The number of piperazine rings is 1. The van der Waals surface area contributed by atoms with Crippen LogP contribution in [0.25, 0.3) is 0 Å². The molecule has 1 heterocycles. The maximum atomic E-state index is 12.1. The van der Waals surface area contributed by atoms with Crippen LogP contribution in [-0.4, -0.2) is 61.5 Å². The van der Waals surface area contributed by atoms with Gasteiger partial charge in [-0.05, 0) is 12.8 Å². The van der Waals surface area contributed by atoms with E-state index in [-0.39, 0.29) is 11.7 Å². The molecule has 20 heavy (non-hydrogen) atoms. The average molecular weight is 305 g/mol. The van der Waals surface area contributed by atoms with Crippen molar-refractivity contribution in [3.63, 3.8) is 0 Å². The van der Waals surface area contributed by atoms with Gasteiger partial charge in [0.15, 0.2) is 0 Å². The van der Waals surface area contributed by atoms with Crippen molar-refractivity contribution < 1.29 is 13.2 Å². The largest absolute Gasteiger partial charge is 0.339 e. The summed E-state index contributed by atoms with van der Waals surface area (Å²) in [4.78, 5) is 13.8. The van der Waals surface area contributed by atoms with Crippen molar-refractivity contribution in [2.75, 3.05) is 31.9 Å². The van der Waals surface area contributed by atoms with Crippen molar-refractivity contribution in [1.82, 2.24) is 9.21 Å². The van der Waals surface area contributed by atoms with Gasteiger partial charge in [0, 0.05) is 26.2 Å². The number of unbranched alkanes of at least 4 members (excludes halogenated alkanes) is 1. The van der Waals surface area contributed by atoms with Crippen LogP contribution >= 0.6 is 0 Å². The smallest absolute Gasteiger partial charge is 0.239 e. The number of hydrogen-bond acceptors (Lipinski definition) is 4. The topological polar surface area (TPSA) is 83.7 Å². The van der Waals surface area contributed by atoms with Gasteiger partial charge in [-0.2, -0.15) is 4.31 Å². The van der Waals surface area contributed by atoms with Gasteiger partial charge in [-0.1, -0.05) is 26.7 Å². The van der Waals surface area contributed by atoms with Crippen molar-refractivity contribution in [3.8, 4) is 0 Å². The molecule has 0 aliphatic carbocycles. The summed E-state index contributed by atoms with van der Waals surface area (Å²) in [5, 5.41) is 0. The van der Waals surface area contributed by atoms with Crippen LogP contribution in [0.1, 0.15) is 39.5 Å². The highest BCUT2D eigenvalue weighted by molar-refractivity contribution is 7.89. The monoisotopic (exact) mass is 305 g/mol. The quantitative estimate of drug-likeness (QED) is 0.737. The van der Waals surface area contributed by atoms with Gasteiger partial charge in [-0.15, -0.1) is 0 Å². The summed E-state index contributed by atoms with van der Waals surface area (Å²) in [5.41, 5.74) is 5.88. The van der Waals surface area contributed by atoms with Gasteiger partial charge in [0.2, 0.25) is 15.9 Å². The van der Waals surface area contributed by atoms with Crippen LogP contribution < -0.4 is 5.73 Å². The fraction of sp³-hybridized carbons (Fsp3) is 0.923. The first-order valence-electron chi connectivity index (χ1n) is 7.44. The predicted molar refractivity (Wildman–Crippen MR) is 79.7 cm³/mol. The molecule has 1 aliphatic heterocycles. The minimum absolute atomic E-state index is 0.0500. The summed E-state index contributed by atoms with van der Waals surface area (Å²) in [6, 6.07) is -0.450. The second-order valence-electron chi connectivity index (χ2n) is 5.29. The SMILES string of the molecule is CCCCC(N)C(=O)N1CCN(S(=O)(=O)CCC)CC1. The lowest BCUT2D eigenvalue weighted by atomic mass is 10.1. The van der Waals surface area contributed by atoms with Gasteiger partial charge < -0.3 is 10.6 Å². The maximum absolute atomic E-state index is 12.1.